The highest BCUT2D eigenvalue weighted by atomic mass is 19.1. The normalized spacial score (nSPS) is 32.9. The number of fused-ring (bicyclic) bond motifs is 1. The Labute approximate surface area is 101 Å². The van der Waals surface area contributed by atoms with Gasteiger partial charge < -0.3 is 5.11 Å². The van der Waals surface area contributed by atoms with Gasteiger partial charge in [-0.3, -0.25) is 4.90 Å². The molecule has 0 amide bonds. The zero-order valence-electron chi connectivity index (χ0n) is 9.90. The average molecular weight is 235 g/mol. The van der Waals surface area contributed by atoms with E-state index in [9.17, 15) is 9.50 Å². The number of nitrogens with zero attached hydrogens (tertiary/aromatic N) is 1. The van der Waals surface area contributed by atoms with Crippen LogP contribution in [0.1, 0.15) is 37.3 Å². The molecule has 1 N–H and O–H groups in total. The van der Waals surface area contributed by atoms with Crippen LogP contribution in [0.2, 0.25) is 0 Å². The number of hydrogen-bond acceptors (Lipinski definition) is 2. The Morgan fingerprint density at radius 1 is 1.29 bits per heavy atom. The van der Waals surface area contributed by atoms with Crippen molar-refractivity contribution >= 4 is 0 Å². The third-order valence-electron chi connectivity index (χ3n) is 4.46. The monoisotopic (exact) mass is 235 g/mol. The van der Waals surface area contributed by atoms with Crippen LogP contribution in [0.25, 0.3) is 0 Å². The van der Waals surface area contributed by atoms with Gasteiger partial charge in [0.2, 0.25) is 0 Å². The predicted octanol–water partition coefficient (Wildman–Crippen LogP) is 2.49. The van der Waals surface area contributed by atoms with Crippen molar-refractivity contribution in [3.63, 3.8) is 0 Å². The van der Waals surface area contributed by atoms with E-state index in [1.165, 1.54) is 17.7 Å². The van der Waals surface area contributed by atoms with Gasteiger partial charge in [0, 0.05) is 11.6 Å². The van der Waals surface area contributed by atoms with Gasteiger partial charge >= 0.3 is 0 Å². The third-order valence-corrected chi connectivity index (χ3v) is 4.46. The van der Waals surface area contributed by atoms with Crippen molar-refractivity contribution in [1.29, 1.82) is 0 Å². The summed E-state index contributed by atoms with van der Waals surface area (Å²) in [4.78, 5) is 2.43. The maximum absolute atomic E-state index is 12.9. The summed E-state index contributed by atoms with van der Waals surface area (Å²) in [7, 11) is 0. The fraction of sp³-hybridized carbons (Fsp3) is 0.571. The number of aliphatic hydroxyl groups is 1. The molecule has 2 heterocycles. The summed E-state index contributed by atoms with van der Waals surface area (Å²) in [5.41, 5.74) is 1.20. The number of halogens is 1. The van der Waals surface area contributed by atoms with Gasteiger partial charge in [0.25, 0.3) is 0 Å². The fourth-order valence-corrected chi connectivity index (χ4v) is 3.56. The molecule has 1 aromatic rings. The smallest absolute Gasteiger partial charge is 0.123 e. The SMILES string of the molecule is OCC12CCCN1[C@H](c1ccc(F)cc1)CC2. The lowest BCUT2D eigenvalue weighted by Crippen LogP contribution is -2.42. The standard InChI is InChI=1S/C14H18FNO/c15-12-4-2-11(3-5-12)13-6-8-14(10-17)7-1-9-16(13)14/h2-5,13,17H,1,6-10H2/t13-,14?/m0/s1. The second kappa shape index (κ2) is 4.07. The molecule has 0 aromatic heterocycles. The summed E-state index contributed by atoms with van der Waals surface area (Å²) in [5, 5.41) is 9.63. The summed E-state index contributed by atoms with van der Waals surface area (Å²) in [6.07, 6.45) is 4.40. The summed E-state index contributed by atoms with van der Waals surface area (Å²) in [6, 6.07) is 7.19. The number of aliphatic hydroxyl groups excluding tert-OH is 1. The zero-order valence-corrected chi connectivity index (χ0v) is 9.90. The van der Waals surface area contributed by atoms with E-state index in [1.807, 2.05) is 12.1 Å². The van der Waals surface area contributed by atoms with Crippen LogP contribution in [-0.2, 0) is 0 Å². The van der Waals surface area contributed by atoms with E-state index in [-0.39, 0.29) is 18.0 Å². The van der Waals surface area contributed by atoms with Gasteiger partial charge in [0.15, 0.2) is 0 Å². The van der Waals surface area contributed by atoms with E-state index in [0.29, 0.717) is 6.04 Å². The molecule has 3 heteroatoms. The molecular weight excluding hydrogens is 217 g/mol. The van der Waals surface area contributed by atoms with Gasteiger partial charge in [0.1, 0.15) is 5.82 Å². The van der Waals surface area contributed by atoms with Crippen molar-refractivity contribution in [1.82, 2.24) is 4.90 Å². The summed E-state index contributed by atoms with van der Waals surface area (Å²) in [6.45, 7) is 1.31. The molecule has 0 spiro atoms. The van der Waals surface area contributed by atoms with E-state index in [1.54, 1.807) is 0 Å². The highest BCUT2D eigenvalue weighted by Gasteiger charge is 2.48. The maximum Gasteiger partial charge on any atom is 0.123 e. The topological polar surface area (TPSA) is 23.5 Å². The van der Waals surface area contributed by atoms with Crippen LogP contribution >= 0.6 is 0 Å². The fourth-order valence-electron chi connectivity index (χ4n) is 3.56. The Kier molecular flexibility index (Phi) is 2.68. The first-order valence-corrected chi connectivity index (χ1v) is 6.38. The van der Waals surface area contributed by atoms with Gasteiger partial charge in [-0.2, -0.15) is 0 Å². The number of benzene rings is 1. The minimum atomic E-state index is -0.179. The Hall–Kier alpha value is -0.930. The van der Waals surface area contributed by atoms with Crippen LogP contribution in [0.3, 0.4) is 0 Å². The van der Waals surface area contributed by atoms with E-state index >= 15 is 0 Å². The molecule has 0 saturated carbocycles. The molecule has 2 saturated heterocycles. The highest BCUT2D eigenvalue weighted by Crippen LogP contribution is 2.48. The summed E-state index contributed by atoms with van der Waals surface area (Å²) < 4.78 is 12.9. The first kappa shape index (κ1) is 11.2. The highest BCUT2D eigenvalue weighted by molar-refractivity contribution is 5.23. The van der Waals surface area contributed by atoms with Crippen LogP contribution in [0, 0.1) is 5.82 Å². The quantitative estimate of drug-likeness (QED) is 0.851. The molecule has 2 atom stereocenters. The molecule has 3 rings (SSSR count). The van der Waals surface area contributed by atoms with Crippen molar-refractivity contribution in [2.75, 3.05) is 13.2 Å². The lowest BCUT2D eigenvalue weighted by molar-refractivity contribution is 0.0776. The minimum absolute atomic E-state index is 0.0129. The second-order valence-corrected chi connectivity index (χ2v) is 5.29. The molecule has 92 valence electrons. The van der Waals surface area contributed by atoms with Crippen LogP contribution in [0.15, 0.2) is 24.3 Å². The molecule has 17 heavy (non-hydrogen) atoms. The summed E-state index contributed by atoms with van der Waals surface area (Å²) in [5.74, 6) is -0.179. The molecule has 2 aliphatic heterocycles. The van der Waals surface area contributed by atoms with Crippen molar-refractivity contribution in [2.45, 2.75) is 37.3 Å². The van der Waals surface area contributed by atoms with Crippen LogP contribution < -0.4 is 0 Å². The molecule has 0 aliphatic carbocycles. The van der Waals surface area contributed by atoms with Crippen LogP contribution in [-0.4, -0.2) is 28.7 Å². The van der Waals surface area contributed by atoms with Crippen molar-refractivity contribution in [2.24, 2.45) is 0 Å². The Bertz CT molecular complexity index is 405. The predicted molar refractivity (Wildman–Crippen MR) is 64.1 cm³/mol. The molecule has 1 unspecified atom stereocenters. The van der Waals surface area contributed by atoms with Crippen molar-refractivity contribution in [3.05, 3.63) is 35.6 Å². The molecular formula is C14H18FNO. The Morgan fingerprint density at radius 2 is 2.06 bits per heavy atom. The van der Waals surface area contributed by atoms with Crippen LogP contribution in [0.5, 0.6) is 0 Å². The molecule has 0 bridgehead atoms. The van der Waals surface area contributed by atoms with Crippen molar-refractivity contribution < 1.29 is 9.50 Å². The van der Waals surface area contributed by atoms with Gasteiger partial charge in [-0.1, -0.05) is 12.1 Å². The maximum atomic E-state index is 12.9. The molecule has 2 nitrogen and oxygen atoms in total. The van der Waals surface area contributed by atoms with Gasteiger partial charge in [-0.25, -0.2) is 4.39 Å². The Morgan fingerprint density at radius 3 is 2.76 bits per heavy atom. The Balaban J connectivity index is 1.88. The molecule has 0 radical (unpaired) electrons. The largest absolute Gasteiger partial charge is 0.394 e. The first-order valence-electron chi connectivity index (χ1n) is 6.38. The lowest BCUT2D eigenvalue weighted by atomic mass is 9.95. The lowest BCUT2D eigenvalue weighted by Gasteiger charge is -2.33. The molecule has 1 aromatic carbocycles. The number of hydrogen-bond donors (Lipinski definition) is 1. The summed E-state index contributed by atoms with van der Waals surface area (Å²) >= 11 is 0. The zero-order chi connectivity index (χ0) is 11.9. The third kappa shape index (κ3) is 1.69. The van der Waals surface area contributed by atoms with Gasteiger partial charge in [-0.15, -0.1) is 0 Å². The molecule has 2 aliphatic rings. The first-order chi connectivity index (χ1) is 8.25. The van der Waals surface area contributed by atoms with E-state index < -0.39 is 0 Å². The van der Waals surface area contributed by atoms with E-state index in [0.717, 1.165) is 32.2 Å². The number of rotatable bonds is 2. The molecule has 2 fully saturated rings. The van der Waals surface area contributed by atoms with E-state index in [2.05, 4.69) is 4.90 Å². The van der Waals surface area contributed by atoms with Crippen molar-refractivity contribution in [3.8, 4) is 0 Å². The minimum Gasteiger partial charge on any atom is -0.394 e. The second-order valence-electron chi connectivity index (χ2n) is 5.29. The van der Waals surface area contributed by atoms with Gasteiger partial charge in [0.05, 0.1) is 6.61 Å². The van der Waals surface area contributed by atoms with Crippen LogP contribution in [0.4, 0.5) is 4.39 Å². The average Bonchev–Trinajstić information content (AvgIpc) is 2.89. The van der Waals surface area contributed by atoms with E-state index in [4.69, 9.17) is 0 Å². The van der Waals surface area contributed by atoms with Gasteiger partial charge in [-0.05, 0) is 49.9 Å².